The zero-order chi connectivity index (χ0) is 33.3. The van der Waals surface area contributed by atoms with Crippen molar-refractivity contribution in [1.82, 2.24) is 14.8 Å². The minimum absolute atomic E-state index is 0.00416. The number of carbonyl (C=O) groups is 2. The maximum atomic E-state index is 15.1. The van der Waals surface area contributed by atoms with Gasteiger partial charge in [0.15, 0.2) is 11.6 Å². The fourth-order valence-electron chi connectivity index (χ4n) is 6.63. The molecule has 0 saturated carbocycles. The summed E-state index contributed by atoms with van der Waals surface area (Å²) in [6.07, 6.45) is 5.83. The van der Waals surface area contributed by atoms with E-state index in [1.54, 1.807) is 11.0 Å². The summed E-state index contributed by atoms with van der Waals surface area (Å²) in [5.74, 6) is -0.724. The minimum atomic E-state index is -1.12. The highest BCUT2D eigenvalue weighted by Gasteiger charge is 2.39. The van der Waals surface area contributed by atoms with Gasteiger partial charge in [-0.05, 0) is 79.3 Å². The number of aryl methyl sites for hydroxylation is 2. The number of halogens is 1. The van der Waals surface area contributed by atoms with Crippen LogP contribution in [-0.2, 0) is 29.0 Å². The first-order valence-corrected chi connectivity index (χ1v) is 16.8. The van der Waals surface area contributed by atoms with Crippen LogP contribution in [0.5, 0.6) is 5.75 Å². The normalized spacial score (nSPS) is 16.7. The zero-order valence-corrected chi connectivity index (χ0v) is 27.7. The van der Waals surface area contributed by atoms with E-state index in [0.29, 0.717) is 31.6 Å². The number of nitrogens with zero attached hydrogens (tertiary/aromatic N) is 3. The molecular weight excluding hydrogens is 599 g/mol. The Morgan fingerprint density at radius 1 is 1.13 bits per heavy atom. The molecule has 1 amide bonds. The van der Waals surface area contributed by atoms with Crippen LogP contribution in [0.3, 0.4) is 0 Å². The highest BCUT2D eigenvalue weighted by atomic mass is 19.1. The number of likely N-dealkylation sites (tertiary alicyclic amines) is 1. The number of aliphatic carboxylic acids is 1. The molecular formula is C37H47FN4O5. The Labute approximate surface area is 277 Å². The molecule has 0 bridgehead atoms. The number of amides is 1. The van der Waals surface area contributed by atoms with Gasteiger partial charge in [0.1, 0.15) is 18.5 Å². The van der Waals surface area contributed by atoms with Crippen LogP contribution in [0.15, 0.2) is 54.6 Å². The van der Waals surface area contributed by atoms with Crippen molar-refractivity contribution in [1.29, 1.82) is 0 Å². The molecule has 0 aliphatic carbocycles. The number of benzene rings is 2. The number of carboxylic acids is 1. The van der Waals surface area contributed by atoms with Gasteiger partial charge in [-0.1, -0.05) is 56.7 Å². The summed E-state index contributed by atoms with van der Waals surface area (Å²) in [6.45, 7) is 6.22. The maximum absolute atomic E-state index is 15.1. The van der Waals surface area contributed by atoms with Gasteiger partial charge in [-0.2, -0.15) is 0 Å². The average molecular weight is 647 g/mol. The Bertz CT molecular complexity index is 1520. The van der Waals surface area contributed by atoms with Crippen LogP contribution in [0.2, 0.25) is 0 Å². The Hall–Kier alpha value is -4.18. The summed E-state index contributed by atoms with van der Waals surface area (Å²) >= 11 is 0. The van der Waals surface area contributed by atoms with E-state index in [4.69, 9.17) is 14.5 Å². The predicted molar refractivity (Wildman–Crippen MR) is 179 cm³/mol. The SMILES string of the molecule is COc1c(F)cc(C(C)C)cc1C(C(=O)O)N1CC[C@@H](N(CCCCCc2ccc3c(n2)NCCC3)C(=O)OCc2ccccc2)C1. The third kappa shape index (κ3) is 8.60. The van der Waals surface area contributed by atoms with Crippen LogP contribution in [0.4, 0.5) is 15.0 Å². The topological polar surface area (TPSA) is 104 Å². The van der Waals surface area contributed by atoms with Crippen molar-refractivity contribution < 1.29 is 28.6 Å². The average Bonchev–Trinajstić information content (AvgIpc) is 3.54. The lowest BCUT2D eigenvalue weighted by molar-refractivity contribution is -0.143. The van der Waals surface area contributed by atoms with E-state index in [9.17, 15) is 14.7 Å². The van der Waals surface area contributed by atoms with Crippen LogP contribution in [-0.4, -0.2) is 71.3 Å². The molecule has 1 aromatic heterocycles. The van der Waals surface area contributed by atoms with E-state index in [1.807, 2.05) is 49.1 Å². The summed E-state index contributed by atoms with van der Waals surface area (Å²) in [6, 6.07) is 15.6. The van der Waals surface area contributed by atoms with E-state index >= 15 is 4.39 Å². The molecule has 47 heavy (non-hydrogen) atoms. The molecule has 3 heterocycles. The molecule has 1 fully saturated rings. The number of methoxy groups -OCH3 is 1. The Morgan fingerprint density at radius 3 is 2.68 bits per heavy atom. The molecule has 0 spiro atoms. The highest BCUT2D eigenvalue weighted by Crippen LogP contribution is 2.37. The van der Waals surface area contributed by atoms with Gasteiger partial charge < -0.3 is 24.8 Å². The van der Waals surface area contributed by atoms with Gasteiger partial charge in [-0.15, -0.1) is 0 Å². The molecule has 2 aliphatic rings. The van der Waals surface area contributed by atoms with E-state index in [0.717, 1.165) is 62.1 Å². The molecule has 2 N–H and O–H groups in total. The third-order valence-corrected chi connectivity index (χ3v) is 9.22. The number of anilines is 1. The van der Waals surface area contributed by atoms with Gasteiger partial charge in [0.2, 0.25) is 0 Å². The summed E-state index contributed by atoms with van der Waals surface area (Å²) in [4.78, 5) is 34.6. The summed E-state index contributed by atoms with van der Waals surface area (Å²) in [7, 11) is 1.35. The molecule has 9 nitrogen and oxygen atoms in total. The fraction of sp³-hybridized carbons (Fsp3) is 0.486. The molecule has 0 radical (unpaired) electrons. The number of unbranched alkanes of at least 4 members (excludes halogenated alkanes) is 2. The number of nitrogens with one attached hydrogen (secondary N) is 1. The molecule has 3 aromatic rings. The minimum Gasteiger partial charge on any atom is -0.493 e. The van der Waals surface area contributed by atoms with Crippen molar-refractivity contribution in [3.8, 4) is 5.75 Å². The Balaban J connectivity index is 1.26. The number of hydrogen-bond donors (Lipinski definition) is 2. The summed E-state index contributed by atoms with van der Waals surface area (Å²) in [5, 5.41) is 13.8. The molecule has 1 unspecified atom stereocenters. The molecule has 252 valence electrons. The second kappa shape index (κ2) is 16.1. The standard InChI is InChI=1S/C37H47FN4O5/c1-25(2)28-21-31(34(46-3)32(38)22-28)33(36(43)44)41-20-17-30(23-41)42(37(45)47-24-26-11-6-4-7-12-26)19-9-5-8-14-29-16-15-27-13-10-18-39-35(27)40-29/h4,6-7,11-12,15-16,21-22,25,30,33H,5,8-10,13-14,17-20,23-24H2,1-3H3,(H,39,40)(H,43,44)/t30-,33?/m1/s1. The Morgan fingerprint density at radius 2 is 1.94 bits per heavy atom. The third-order valence-electron chi connectivity index (χ3n) is 9.22. The van der Waals surface area contributed by atoms with Crippen LogP contribution in [0.1, 0.15) is 85.9 Å². The van der Waals surface area contributed by atoms with Crippen molar-refractivity contribution in [3.05, 3.63) is 88.4 Å². The number of carbonyl (C=O) groups excluding carboxylic acids is 1. The quantitative estimate of drug-likeness (QED) is 0.181. The predicted octanol–water partition coefficient (Wildman–Crippen LogP) is 6.96. The van der Waals surface area contributed by atoms with Crippen molar-refractivity contribution in [2.24, 2.45) is 0 Å². The monoisotopic (exact) mass is 646 g/mol. The van der Waals surface area contributed by atoms with Gasteiger partial charge in [-0.3, -0.25) is 9.69 Å². The van der Waals surface area contributed by atoms with Crippen LogP contribution < -0.4 is 10.1 Å². The molecule has 10 heteroatoms. The number of ether oxygens (including phenoxy) is 2. The van der Waals surface area contributed by atoms with E-state index < -0.39 is 23.9 Å². The maximum Gasteiger partial charge on any atom is 0.410 e. The number of fused-ring (bicyclic) bond motifs is 1. The smallest absolute Gasteiger partial charge is 0.410 e. The van der Waals surface area contributed by atoms with Gasteiger partial charge >= 0.3 is 12.1 Å². The van der Waals surface area contributed by atoms with E-state index in [-0.39, 0.29) is 29.9 Å². The van der Waals surface area contributed by atoms with Crippen molar-refractivity contribution in [3.63, 3.8) is 0 Å². The highest BCUT2D eigenvalue weighted by molar-refractivity contribution is 5.77. The summed E-state index contributed by atoms with van der Waals surface area (Å²) < 4.78 is 26.2. The lowest BCUT2D eigenvalue weighted by Gasteiger charge is -2.30. The number of carboxylic acid groups (broad SMARTS) is 1. The summed E-state index contributed by atoms with van der Waals surface area (Å²) in [5.41, 5.74) is 4.22. The fourth-order valence-corrected chi connectivity index (χ4v) is 6.63. The van der Waals surface area contributed by atoms with Gasteiger partial charge in [0.05, 0.1) is 7.11 Å². The Kier molecular flexibility index (Phi) is 11.7. The number of hydrogen-bond acceptors (Lipinski definition) is 7. The molecule has 5 rings (SSSR count). The molecule has 2 aromatic carbocycles. The second-order valence-electron chi connectivity index (χ2n) is 12.8. The first-order chi connectivity index (χ1) is 22.7. The molecule has 2 aliphatic heterocycles. The van der Waals surface area contributed by atoms with Crippen LogP contribution >= 0.6 is 0 Å². The van der Waals surface area contributed by atoms with E-state index in [1.165, 1.54) is 18.7 Å². The van der Waals surface area contributed by atoms with Gasteiger partial charge in [-0.25, -0.2) is 14.2 Å². The molecule has 2 atom stereocenters. The van der Waals surface area contributed by atoms with Gasteiger partial charge in [0.25, 0.3) is 0 Å². The van der Waals surface area contributed by atoms with Crippen LogP contribution in [0, 0.1) is 5.82 Å². The largest absolute Gasteiger partial charge is 0.493 e. The number of pyridine rings is 1. The van der Waals surface area contributed by atoms with Crippen molar-refractivity contribution >= 4 is 17.9 Å². The van der Waals surface area contributed by atoms with Crippen molar-refractivity contribution in [2.75, 3.05) is 38.6 Å². The lowest BCUT2D eigenvalue weighted by Crippen LogP contribution is -2.44. The molecule has 1 saturated heterocycles. The lowest BCUT2D eigenvalue weighted by atomic mass is 9.95. The zero-order valence-electron chi connectivity index (χ0n) is 27.7. The number of aromatic nitrogens is 1. The van der Waals surface area contributed by atoms with Crippen LogP contribution in [0.25, 0.3) is 0 Å². The first-order valence-electron chi connectivity index (χ1n) is 16.8. The van der Waals surface area contributed by atoms with Crippen molar-refractivity contribution in [2.45, 2.75) is 83.4 Å². The van der Waals surface area contributed by atoms with E-state index in [2.05, 4.69) is 17.4 Å². The first kappa shape index (κ1) is 34.2. The second-order valence-corrected chi connectivity index (χ2v) is 12.8. The number of rotatable bonds is 14. The van der Waals surface area contributed by atoms with Gasteiger partial charge in [0, 0.05) is 43.5 Å².